The number of hydrogen-bond acceptors (Lipinski definition) is 5. The molecule has 3 aromatic rings. The fraction of sp³-hybridized carbons (Fsp3) is 0.429. The second-order valence-electron chi connectivity index (χ2n) is 9.99. The van der Waals surface area contributed by atoms with E-state index in [1.54, 1.807) is 15.7 Å². The van der Waals surface area contributed by atoms with Crippen molar-refractivity contribution in [1.29, 1.82) is 0 Å². The largest absolute Gasteiger partial charge is 0.376 e. The van der Waals surface area contributed by atoms with E-state index >= 15 is 0 Å². The standard InChI is InChI=1S/C28H34FN3O4S/c1-21(2)17-31(27(33)15-22-7-4-3-5-8-22)18-25-16-30-28(32(25)19-26-9-6-14-36-26)37(34,35)20-23-10-12-24(29)13-11-23/h3-5,7-8,10-13,16,21,26H,6,9,14-15,17-20H2,1-2H3/t26-/m1/s1. The van der Waals surface area contributed by atoms with Crippen LogP contribution < -0.4 is 0 Å². The second-order valence-corrected chi connectivity index (χ2v) is 11.9. The Morgan fingerprint density at radius 2 is 1.86 bits per heavy atom. The van der Waals surface area contributed by atoms with Crippen LogP contribution in [0.4, 0.5) is 4.39 Å². The fourth-order valence-electron chi connectivity index (χ4n) is 4.59. The highest BCUT2D eigenvalue weighted by atomic mass is 32.2. The highest BCUT2D eigenvalue weighted by Gasteiger charge is 2.28. The summed E-state index contributed by atoms with van der Waals surface area (Å²) in [6, 6.07) is 15.0. The normalized spacial score (nSPS) is 15.8. The van der Waals surface area contributed by atoms with Crippen LogP contribution in [0.1, 0.15) is 43.5 Å². The molecule has 4 rings (SSSR count). The van der Waals surface area contributed by atoms with Crippen LogP contribution in [0.2, 0.25) is 0 Å². The van der Waals surface area contributed by atoms with Gasteiger partial charge in [-0.2, -0.15) is 0 Å². The molecule has 1 aliphatic heterocycles. The number of imidazole rings is 1. The summed E-state index contributed by atoms with van der Waals surface area (Å²) in [6.45, 7) is 5.86. The van der Waals surface area contributed by atoms with Gasteiger partial charge in [0.25, 0.3) is 0 Å². The lowest BCUT2D eigenvalue weighted by atomic mass is 10.1. The minimum atomic E-state index is -3.83. The smallest absolute Gasteiger partial charge is 0.228 e. The van der Waals surface area contributed by atoms with Gasteiger partial charge in [-0.05, 0) is 42.0 Å². The van der Waals surface area contributed by atoms with Crippen molar-refractivity contribution < 1.29 is 22.3 Å². The van der Waals surface area contributed by atoms with Crippen LogP contribution in [0, 0.1) is 11.7 Å². The van der Waals surface area contributed by atoms with Crippen molar-refractivity contribution >= 4 is 15.7 Å². The molecule has 0 unspecified atom stereocenters. The molecule has 2 aromatic carbocycles. The predicted molar refractivity (Wildman–Crippen MR) is 139 cm³/mol. The topological polar surface area (TPSA) is 81.5 Å². The molecule has 1 saturated heterocycles. The molecule has 1 fully saturated rings. The molecule has 2 heterocycles. The summed E-state index contributed by atoms with van der Waals surface area (Å²) >= 11 is 0. The van der Waals surface area contributed by atoms with Crippen molar-refractivity contribution in [2.24, 2.45) is 5.92 Å². The zero-order chi connectivity index (χ0) is 26.4. The molecule has 37 heavy (non-hydrogen) atoms. The van der Waals surface area contributed by atoms with E-state index in [9.17, 15) is 17.6 Å². The first-order chi connectivity index (χ1) is 17.7. The summed E-state index contributed by atoms with van der Waals surface area (Å²) in [5.74, 6) is -0.511. The summed E-state index contributed by atoms with van der Waals surface area (Å²) in [4.78, 5) is 19.4. The Bertz CT molecular complexity index is 1280. The van der Waals surface area contributed by atoms with Crippen LogP contribution in [0.3, 0.4) is 0 Å². The first kappa shape index (κ1) is 27.0. The van der Waals surface area contributed by atoms with Crippen LogP contribution in [0.25, 0.3) is 0 Å². The highest BCUT2D eigenvalue weighted by molar-refractivity contribution is 7.90. The van der Waals surface area contributed by atoms with Crippen LogP contribution in [0.5, 0.6) is 0 Å². The quantitative estimate of drug-likeness (QED) is 0.369. The van der Waals surface area contributed by atoms with Crippen molar-refractivity contribution in [3.8, 4) is 0 Å². The van der Waals surface area contributed by atoms with Gasteiger partial charge in [-0.3, -0.25) is 4.79 Å². The monoisotopic (exact) mass is 527 g/mol. The number of ether oxygens (including phenoxy) is 1. The third-order valence-electron chi connectivity index (χ3n) is 6.35. The Balaban J connectivity index is 1.63. The number of carbonyl (C=O) groups is 1. The number of aromatic nitrogens is 2. The lowest BCUT2D eigenvalue weighted by Crippen LogP contribution is -2.36. The highest BCUT2D eigenvalue weighted by Crippen LogP contribution is 2.23. The lowest BCUT2D eigenvalue weighted by Gasteiger charge is -2.26. The first-order valence-electron chi connectivity index (χ1n) is 12.7. The van der Waals surface area contributed by atoms with E-state index in [4.69, 9.17) is 4.74 Å². The van der Waals surface area contributed by atoms with Gasteiger partial charge in [0.15, 0.2) is 0 Å². The number of carbonyl (C=O) groups excluding carboxylic acids is 1. The van der Waals surface area contributed by atoms with E-state index in [0.717, 1.165) is 18.4 Å². The van der Waals surface area contributed by atoms with Crippen LogP contribution in [0.15, 0.2) is 66.0 Å². The van der Waals surface area contributed by atoms with E-state index in [-0.39, 0.29) is 41.8 Å². The van der Waals surface area contributed by atoms with Gasteiger partial charge in [-0.1, -0.05) is 56.3 Å². The Labute approximate surface area is 218 Å². The van der Waals surface area contributed by atoms with Crippen molar-refractivity contribution in [3.05, 3.63) is 83.4 Å². The fourth-order valence-corrected chi connectivity index (χ4v) is 6.09. The van der Waals surface area contributed by atoms with Gasteiger partial charge in [-0.15, -0.1) is 0 Å². The average Bonchev–Trinajstić information content (AvgIpc) is 3.51. The molecule has 1 aliphatic rings. The zero-order valence-electron chi connectivity index (χ0n) is 21.3. The van der Waals surface area contributed by atoms with Gasteiger partial charge in [0.1, 0.15) is 5.82 Å². The van der Waals surface area contributed by atoms with E-state index in [1.807, 2.05) is 44.2 Å². The van der Waals surface area contributed by atoms with Gasteiger partial charge < -0.3 is 14.2 Å². The van der Waals surface area contributed by atoms with Gasteiger partial charge in [0, 0.05) is 13.2 Å². The third-order valence-corrected chi connectivity index (χ3v) is 7.94. The first-order valence-corrected chi connectivity index (χ1v) is 14.3. The van der Waals surface area contributed by atoms with E-state index in [1.165, 1.54) is 24.3 Å². The minimum Gasteiger partial charge on any atom is -0.376 e. The molecule has 0 radical (unpaired) electrons. The molecule has 0 saturated carbocycles. The second kappa shape index (κ2) is 12.0. The van der Waals surface area contributed by atoms with E-state index in [0.29, 0.717) is 31.0 Å². The average molecular weight is 528 g/mol. The number of rotatable bonds is 11. The van der Waals surface area contributed by atoms with Crippen molar-refractivity contribution in [3.63, 3.8) is 0 Å². The number of benzene rings is 2. The maximum Gasteiger partial charge on any atom is 0.228 e. The molecule has 0 aliphatic carbocycles. The summed E-state index contributed by atoms with van der Waals surface area (Å²) in [6.07, 6.45) is 3.45. The lowest BCUT2D eigenvalue weighted by molar-refractivity contribution is -0.131. The van der Waals surface area contributed by atoms with Gasteiger partial charge in [-0.25, -0.2) is 17.8 Å². The molecule has 0 N–H and O–H groups in total. The van der Waals surface area contributed by atoms with Gasteiger partial charge in [0.2, 0.25) is 20.9 Å². The van der Waals surface area contributed by atoms with E-state index < -0.39 is 15.7 Å². The Morgan fingerprint density at radius 3 is 2.51 bits per heavy atom. The van der Waals surface area contributed by atoms with E-state index in [2.05, 4.69) is 4.98 Å². The third kappa shape index (κ3) is 7.26. The van der Waals surface area contributed by atoms with Crippen LogP contribution in [-0.2, 0) is 44.6 Å². The Morgan fingerprint density at radius 1 is 1.14 bits per heavy atom. The number of amides is 1. The molecular formula is C28H34FN3O4S. The number of halogens is 1. The van der Waals surface area contributed by atoms with Crippen LogP contribution >= 0.6 is 0 Å². The summed E-state index contributed by atoms with van der Waals surface area (Å²) in [7, 11) is -3.83. The Hall–Kier alpha value is -3.04. The predicted octanol–water partition coefficient (Wildman–Crippen LogP) is 4.40. The SMILES string of the molecule is CC(C)CN(Cc1cnc(S(=O)(=O)Cc2ccc(F)cc2)n1C[C@H]1CCCO1)C(=O)Cc1ccccc1. The zero-order valence-corrected chi connectivity index (χ0v) is 22.2. The Kier molecular flexibility index (Phi) is 8.76. The number of sulfone groups is 1. The molecule has 0 spiro atoms. The molecule has 1 atom stereocenters. The van der Waals surface area contributed by atoms with Crippen molar-refractivity contribution in [2.45, 2.75) is 63.2 Å². The molecule has 198 valence electrons. The molecule has 9 heteroatoms. The number of nitrogens with zero attached hydrogens (tertiary/aromatic N) is 3. The van der Waals surface area contributed by atoms with Crippen molar-refractivity contribution in [2.75, 3.05) is 13.2 Å². The molecule has 7 nitrogen and oxygen atoms in total. The van der Waals surface area contributed by atoms with Crippen molar-refractivity contribution in [1.82, 2.24) is 14.5 Å². The molecule has 0 bridgehead atoms. The minimum absolute atomic E-state index is 0.0273. The summed E-state index contributed by atoms with van der Waals surface area (Å²) in [5, 5.41) is -0.0534. The van der Waals surface area contributed by atoms with Gasteiger partial charge >= 0.3 is 0 Å². The molecule has 1 amide bonds. The summed E-state index contributed by atoms with van der Waals surface area (Å²) < 4.78 is 47.7. The number of hydrogen-bond donors (Lipinski definition) is 0. The summed E-state index contributed by atoms with van der Waals surface area (Å²) in [5.41, 5.74) is 2.06. The van der Waals surface area contributed by atoms with Crippen LogP contribution in [-0.4, -0.2) is 48.0 Å². The maximum atomic E-state index is 13.4. The molecule has 1 aromatic heterocycles. The molecular weight excluding hydrogens is 493 g/mol. The maximum absolute atomic E-state index is 13.4. The van der Waals surface area contributed by atoms with Gasteiger partial charge in [0.05, 0.1) is 43.3 Å².